The van der Waals surface area contributed by atoms with Gasteiger partial charge >= 0.3 is 0 Å². The molecule has 0 radical (unpaired) electrons. The van der Waals surface area contributed by atoms with E-state index in [0.717, 1.165) is 0 Å². The minimum absolute atomic E-state index is 0.0804. The van der Waals surface area contributed by atoms with Crippen LogP contribution in [0.1, 0.15) is 31.1 Å². The number of rotatable bonds is 2. The van der Waals surface area contributed by atoms with Crippen molar-refractivity contribution in [1.82, 2.24) is 0 Å². The van der Waals surface area contributed by atoms with Gasteiger partial charge in [0, 0.05) is 11.0 Å². The van der Waals surface area contributed by atoms with Gasteiger partial charge in [0.15, 0.2) is 5.78 Å². The fourth-order valence-electron chi connectivity index (χ4n) is 1.31. The number of ether oxygens (including phenoxy) is 1. The molecule has 0 saturated carbocycles. The zero-order valence-corrected chi connectivity index (χ0v) is 9.63. The molecule has 3 nitrogen and oxygen atoms in total. The predicted octanol–water partition coefficient (Wildman–Crippen LogP) is 2.51. The summed E-state index contributed by atoms with van der Waals surface area (Å²) in [4.78, 5) is 11.9. The standard InChI is InChI=1S/C12H17NO2/c1-12(2,3)11(14)8-5-6-10(15-4)9(13)7-8/h5-7H,13H2,1-4H3. The zero-order valence-electron chi connectivity index (χ0n) is 9.63. The van der Waals surface area contributed by atoms with Gasteiger partial charge in [0.25, 0.3) is 0 Å². The Morgan fingerprint density at radius 2 is 1.93 bits per heavy atom. The number of carbonyl (C=O) groups is 1. The van der Waals surface area contributed by atoms with Crippen LogP contribution >= 0.6 is 0 Å². The molecule has 0 aliphatic rings. The molecular formula is C12H17NO2. The number of nitrogen functional groups attached to an aromatic ring is 1. The minimum atomic E-state index is -0.388. The highest BCUT2D eigenvalue weighted by atomic mass is 16.5. The smallest absolute Gasteiger partial charge is 0.168 e. The van der Waals surface area contributed by atoms with Gasteiger partial charge in [-0.2, -0.15) is 0 Å². The quantitative estimate of drug-likeness (QED) is 0.598. The molecule has 0 aliphatic carbocycles. The van der Waals surface area contributed by atoms with E-state index in [-0.39, 0.29) is 11.2 Å². The summed E-state index contributed by atoms with van der Waals surface area (Å²) < 4.78 is 5.03. The molecule has 82 valence electrons. The van der Waals surface area contributed by atoms with E-state index in [1.165, 1.54) is 0 Å². The van der Waals surface area contributed by atoms with Gasteiger partial charge in [0.2, 0.25) is 0 Å². The summed E-state index contributed by atoms with van der Waals surface area (Å²) >= 11 is 0. The molecule has 0 fully saturated rings. The van der Waals surface area contributed by atoms with Crippen molar-refractivity contribution in [2.75, 3.05) is 12.8 Å². The number of anilines is 1. The highest BCUT2D eigenvalue weighted by molar-refractivity contribution is 6.00. The SMILES string of the molecule is COc1ccc(C(=O)C(C)(C)C)cc1N. The summed E-state index contributed by atoms with van der Waals surface area (Å²) in [7, 11) is 1.55. The van der Waals surface area contributed by atoms with Gasteiger partial charge in [-0.25, -0.2) is 0 Å². The van der Waals surface area contributed by atoms with Crippen LogP contribution < -0.4 is 10.5 Å². The van der Waals surface area contributed by atoms with Crippen LogP contribution in [0, 0.1) is 5.41 Å². The first-order chi connectivity index (χ1) is 6.86. The second-order valence-electron chi connectivity index (χ2n) is 4.54. The molecule has 15 heavy (non-hydrogen) atoms. The molecule has 0 saturated heterocycles. The maximum absolute atomic E-state index is 11.9. The van der Waals surface area contributed by atoms with Crippen LogP contribution in [0.3, 0.4) is 0 Å². The van der Waals surface area contributed by atoms with Gasteiger partial charge in [-0.15, -0.1) is 0 Å². The van der Waals surface area contributed by atoms with E-state index in [1.807, 2.05) is 20.8 Å². The average molecular weight is 207 g/mol. The number of nitrogens with two attached hydrogens (primary N) is 1. The van der Waals surface area contributed by atoms with E-state index >= 15 is 0 Å². The van der Waals surface area contributed by atoms with Crippen molar-refractivity contribution in [3.63, 3.8) is 0 Å². The molecule has 1 aromatic rings. The maximum atomic E-state index is 11.9. The van der Waals surface area contributed by atoms with Crippen LogP contribution in [0.5, 0.6) is 5.75 Å². The third-order valence-electron chi connectivity index (χ3n) is 2.17. The minimum Gasteiger partial charge on any atom is -0.495 e. The Balaban J connectivity index is 3.08. The number of benzene rings is 1. The number of Topliss-reactive ketones (excluding diaryl/α,β-unsaturated/α-hetero) is 1. The van der Waals surface area contributed by atoms with Gasteiger partial charge < -0.3 is 10.5 Å². The molecule has 0 unspecified atom stereocenters. The molecule has 0 spiro atoms. The Labute approximate surface area is 90.2 Å². The van der Waals surface area contributed by atoms with Crippen molar-refractivity contribution in [3.8, 4) is 5.75 Å². The Morgan fingerprint density at radius 3 is 2.33 bits per heavy atom. The highest BCUT2D eigenvalue weighted by Gasteiger charge is 2.23. The average Bonchev–Trinajstić information content (AvgIpc) is 2.15. The van der Waals surface area contributed by atoms with Crippen molar-refractivity contribution < 1.29 is 9.53 Å². The second kappa shape index (κ2) is 3.93. The largest absolute Gasteiger partial charge is 0.495 e. The second-order valence-corrected chi connectivity index (χ2v) is 4.54. The number of carbonyl (C=O) groups excluding carboxylic acids is 1. The molecule has 0 heterocycles. The van der Waals surface area contributed by atoms with Crippen molar-refractivity contribution in [2.24, 2.45) is 5.41 Å². The molecule has 0 amide bonds. The van der Waals surface area contributed by atoms with Gasteiger partial charge in [0.1, 0.15) is 5.75 Å². The number of ketones is 1. The Bertz CT molecular complexity index is 378. The number of methoxy groups -OCH3 is 1. The van der Waals surface area contributed by atoms with Gasteiger partial charge in [-0.1, -0.05) is 20.8 Å². The monoisotopic (exact) mass is 207 g/mol. The lowest BCUT2D eigenvalue weighted by molar-refractivity contribution is 0.0858. The van der Waals surface area contributed by atoms with E-state index in [4.69, 9.17) is 10.5 Å². The summed E-state index contributed by atoms with van der Waals surface area (Å²) in [5, 5.41) is 0. The summed E-state index contributed by atoms with van der Waals surface area (Å²) in [5.74, 6) is 0.678. The topological polar surface area (TPSA) is 52.3 Å². The lowest BCUT2D eigenvalue weighted by Gasteiger charge is -2.17. The van der Waals surface area contributed by atoms with Crippen LogP contribution in [0.2, 0.25) is 0 Å². The first kappa shape index (κ1) is 11.6. The Morgan fingerprint density at radius 1 is 1.33 bits per heavy atom. The highest BCUT2D eigenvalue weighted by Crippen LogP contribution is 2.26. The molecule has 0 bridgehead atoms. The van der Waals surface area contributed by atoms with Crippen LogP contribution in [-0.4, -0.2) is 12.9 Å². The van der Waals surface area contributed by atoms with E-state index in [9.17, 15) is 4.79 Å². The van der Waals surface area contributed by atoms with Gasteiger partial charge in [-0.3, -0.25) is 4.79 Å². The number of hydrogen-bond donors (Lipinski definition) is 1. The molecule has 1 rings (SSSR count). The third kappa shape index (κ3) is 2.49. The summed E-state index contributed by atoms with van der Waals surface area (Å²) in [6, 6.07) is 5.11. The first-order valence-corrected chi connectivity index (χ1v) is 4.84. The van der Waals surface area contributed by atoms with Crippen molar-refractivity contribution in [2.45, 2.75) is 20.8 Å². The Hall–Kier alpha value is -1.51. The van der Waals surface area contributed by atoms with Crippen molar-refractivity contribution in [3.05, 3.63) is 23.8 Å². The van der Waals surface area contributed by atoms with Crippen molar-refractivity contribution >= 4 is 11.5 Å². The van der Waals surface area contributed by atoms with Crippen LogP contribution in [-0.2, 0) is 0 Å². The zero-order chi connectivity index (χ0) is 11.6. The fourth-order valence-corrected chi connectivity index (χ4v) is 1.31. The first-order valence-electron chi connectivity index (χ1n) is 4.84. The van der Waals surface area contributed by atoms with E-state index < -0.39 is 0 Å². The molecule has 3 heteroatoms. The predicted molar refractivity (Wildman–Crippen MR) is 61.2 cm³/mol. The van der Waals surface area contributed by atoms with Crippen LogP contribution in [0.25, 0.3) is 0 Å². The molecule has 2 N–H and O–H groups in total. The molecular weight excluding hydrogens is 190 g/mol. The molecule has 0 aromatic heterocycles. The van der Waals surface area contributed by atoms with Gasteiger partial charge in [0.05, 0.1) is 12.8 Å². The summed E-state index contributed by atoms with van der Waals surface area (Å²) in [5.41, 5.74) is 6.47. The maximum Gasteiger partial charge on any atom is 0.168 e. The summed E-state index contributed by atoms with van der Waals surface area (Å²) in [6.07, 6.45) is 0. The molecule has 1 aromatic carbocycles. The number of hydrogen-bond acceptors (Lipinski definition) is 3. The van der Waals surface area contributed by atoms with Gasteiger partial charge in [-0.05, 0) is 18.2 Å². The molecule has 0 aliphatic heterocycles. The van der Waals surface area contributed by atoms with E-state index in [0.29, 0.717) is 17.0 Å². The van der Waals surface area contributed by atoms with Crippen LogP contribution in [0.4, 0.5) is 5.69 Å². The lowest BCUT2D eigenvalue weighted by atomic mass is 9.86. The fraction of sp³-hybridized carbons (Fsp3) is 0.417. The van der Waals surface area contributed by atoms with Crippen LogP contribution in [0.15, 0.2) is 18.2 Å². The third-order valence-corrected chi connectivity index (χ3v) is 2.17. The van der Waals surface area contributed by atoms with E-state index in [2.05, 4.69) is 0 Å². The van der Waals surface area contributed by atoms with E-state index in [1.54, 1.807) is 25.3 Å². The molecule has 0 atom stereocenters. The summed E-state index contributed by atoms with van der Waals surface area (Å²) in [6.45, 7) is 5.65. The normalized spacial score (nSPS) is 11.2. The van der Waals surface area contributed by atoms with Crippen molar-refractivity contribution in [1.29, 1.82) is 0 Å². The lowest BCUT2D eigenvalue weighted by Crippen LogP contribution is -2.20. The Kier molecular flexibility index (Phi) is 3.03.